The molecular weight excluding hydrogens is 380 g/mol. The van der Waals surface area contributed by atoms with Gasteiger partial charge in [0.2, 0.25) is 5.76 Å². The molecule has 1 aromatic carbocycles. The highest BCUT2D eigenvalue weighted by Crippen LogP contribution is 2.35. The third-order valence-corrected chi connectivity index (χ3v) is 4.21. The van der Waals surface area contributed by atoms with E-state index in [-0.39, 0.29) is 29.4 Å². The fraction of sp³-hybridized carbons (Fsp3) is 0.250. The lowest BCUT2D eigenvalue weighted by molar-refractivity contribution is -0.139. The number of carbonyl (C=O) groups excluding carboxylic acids is 3. The van der Waals surface area contributed by atoms with Crippen LogP contribution in [0.5, 0.6) is 11.5 Å². The summed E-state index contributed by atoms with van der Waals surface area (Å²) in [5.41, 5.74) is 1.22. The van der Waals surface area contributed by atoms with Crippen molar-refractivity contribution >= 4 is 18.0 Å². The van der Waals surface area contributed by atoms with Crippen LogP contribution in [-0.4, -0.2) is 31.7 Å². The van der Waals surface area contributed by atoms with Gasteiger partial charge >= 0.3 is 18.0 Å². The Morgan fingerprint density at radius 1 is 1.17 bits per heavy atom. The van der Waals surface area contributed by atoms with E-state index in [0.717, 1.165) is 0 Å². The number of furan rings is 1. The van der Waals surface area contributed by atoms with Crippen LogP contribution in [0.25, 0.3) is 0 Å². The van der Waals surface area contributed by atoms with Crippen molar-refractivity contribution in [1.82, 2.24) is 10.6 Å². The minimum atomic E-state index is -0.758. The third-order valence-electron chi connectivity index (χ3n) is 4.21. The van der Waals surface area contributed by atoms with Gasteiger partial charge in [0, 0.05) is 5.70 Å². The Labute approximate surface area is 166 Å². The third kappa shape index (κ3) is 4.23. The Hall–Kier alpha value is -3.75. The Kier molecular flexibility index (Phi) is 5.87. The molecule has 1 atom stereocenters. The van der Waals surface area contributed by atoms with Gasteiger partial charge in [0.25, 0.3) is 0 Å². The van der Waals surface area contributed by atoms with Gasteiger partial charge in [0.15, 0.2) is 11.5 Å². The average Bonchev–Trinajstić information content (AvgIpc) is 3.22. The molecule has 0 saturated heterocycles. The largest absolute Gasteiger partial charge is 0.493 e. The number of allylic oxidation sites excluding steroid dienone is 1. The van der Waals surface area contributed by atoms with Crippen molar-refractivity contribution in [3.8, 4) is 11.5 Å². The molecule has 9 nitrogen and oxygen atoms in total. The molecule has 2 heterocycles. The summed E-state index contributed by atoms with van der Waals surface area (Å²) in [5, 5.41) is 5.27. The molecule has 0 saturated carbocycles. The van der Waals surface area contributed by atoms with Gasteiger partial charge in [-0.2, -0.15) is 0 Å². The number of carbonyl (C=O) groups is 3. The molecule has 152 valence electrons. The first-order chi connectivity index (χ1) is 13.9. The van der Waals surface area contributed by atoms with Crippen molar-refractivity contribution < 1.29 is 33.0 Å². The first-order valence-electron chi connectivity index (χ1n) is 8.83. The van der Waals surface area contributed by atoms with Gasteiger partial charge < -0.3 is 29.3 Å². The fourth-order valence-electron chi connectivity index (χ4n) is 2.92. The number of hydrogen-bond donors (Lipinski definition) is 2. The lowest BCUT2D eigenvalue weighted by Crippen LogP contribution is -2.45. The molecule has 2 aromatic rings. The van der Waals surface area contributed by atoms with Crippen LogP contribution >= 0.6 is 0 Å². The number of urea groups is 1. The summed E-state index contributed by atoms with van der Waals surface area (Å²) in [6.45, 7) is 3.51. The van der Waals surface area contributed by atoms with Crippen molar-refractivity contribution in [2.45, 2.75) is 19.9 Å². The van der Waals surface area contributed by atoms with Gasteiger partial charge in [-0.15, -0.1) is 0 Å². The topological polar surface area (TPSA) is 116 Å². The summed E-state index contributed by atoms with van der Waals surface area (Å²) in [5.74, 6) is -0.772. The smallest absolute Gasteiger partial charge is 0.379 e. The maximum Gasteiger partial charge on any atom is 0.379 e. The first kappa shape index (κ1) is 20.0. The summed E-state index contributed by atoms with van der Waals surface area (Å²) in [4.78, 5) is 36.5. The fourth-order valence-corrected chi connectivity index (χ4v) is 2.92. The number of rotatable bonds is 6. The lowest BCUT2D eigenvalue weighted by atomic mass is 9.95. The number of benzene rings is 1. The predicted molar refractivity (Wildman–Crippen MR) is 100 cm³/mol. The summed E-state index contributed by atoms with van der Waals surface area (Å²) in [6.07, 6.45) is 1.36. The normalized spacial score (nSPS) is 16.0. The molecule has 2 amide bonds. The van der Waals surface area contributed by atoms with Crippen LogP contribution in [0, 0.1) is 0 Å². The van der Waals surface area contributed by atoms with Crippen LogP contribution in [0.2, 0.25) is 0 Å². The van der Waals surface area contributed by atoms with Gasteiger partial charge in [-0.05, 0) is 43.7 Å². The molecule has 0 aliphatic carbocycles. The van der Waals surface area contributed by atoms with E-state index >= 15 is 0 Å². The van der Waals surface area contributed by atoms with E-state index in [1.54, 1.807) is 32.0 Å². The summed E-state index contributed by atoms with van der Waals surface area (Å²) in [6, 6.07) is 6.56. The molecule has 0 fully saturated rings. The zero-order valence-electron chi connectivity index (χ0n) is 16.1. The van der Waals surface area contributed by atoms with Gasteiger partial charge in [0.1, 0.15) is 0 Å². The van der Waals surface area contributed by atoms with E-state index in [4.69, 9.17) is 18.6 Å². The molecule has 2 N–H and O–H groups in total. The number of amides is 2. The molecule has 3 rings (SSSR count). The minimum absolute atomic E-state index is 0.0462. The van der Waals surface area contributed by atoms with E-state index < -0.39 is 24.0 Å². The van der Waals surface area contributed by atoms with Crippen molar-refractivity contribution in [3.05, 3.63) is 59.2 Å². The second kappa shape index (κ2) is 8.51. The Morgan fingerprint density at radius 3 is 2.62 bits per heavy atom. The highest BCUT2D eigenvalue weighted by molar-refractivity contribution is 5.95. The molecule has 1 aliphatic rings. The standard InChI is InChI=1S/C20H20N2O7/c1-4-27-19(24)16-11(2)21-20(25)22-17(16)12-7-8-13(15(10-12)26-3)29-18(23)14-6-5-9-28-14/h5-10,17H,4H2,1-3H3,(H2,21,22,25)/t17-/m0/s1. The summed E-state index contributed by atoms with van der Waals surface area (Å²) in [7, 11) is 1.41. The van der Waals surface area contributed by atoms with Crippen LogP contribution in [-0.2, 0) is 9.53 Å². The number of methoxy groups -OCH3 is 1. The van der Waals surface area contributed by atoms with Crippen molar-refractivity contribution in [2.24, 2.45) is 0 Å². The van der Waals surface area contributed by atoms with Crippen LogP contribution in [0.3, 0.4) is 0 Å². The summed E-state index contributed by atoms with van der Waals surface area (Å²) < 4.78 is 20.8. The molecule has 1 aromatic heterocycles. The molecule has 0 spiro atoms. The predicted octanol–water partition coefficient (Wildman–Crippen LogP) is 2.70. The molecular formula is C20H20N2O7. The average molecular weight is 400 g/mol. The highest BCUT2D eigenvalue weighted by Gasteiger charge is 2.32. The molecule has 0 unspecified atom stereocenters. The van der Waals surface area contributed by atoms with Gasteiger partial charge in [-0.25, -0.2) is 14.4 Å². The number of nitrogens with one attached hydrogen (secondary N) is 2. The molecule has 0 radical (unpaired) electrons. The monoisotopic (exact) mass is 400 g/mol. The Balaban J connectivity index is 1.93. The lowest BCUT2D eigenvalue weighted by Gasteiger charge is -2.28. The highest BCUT2D eigenvalue weighted by atomic mass is 16.6. The van der Waals surface area contributed by atoms with Crippen molar-refractivity contribution in [2.75, 3.05) is 13.7 Å². The second-order valence-corrected chi connectivity index (χ2v) is 6.07. The van der Waals surface area contributed by atoms with Crippen molar-refractivity contribution in [3.63, 3.8) is 0 Å². The number of hydrogen-bond acceptors (Lipinski definition) is 7. The van der Waals surface area contributed by atoms with Gasteiger partial charge in [0.05, 0.1) is 31.6 Å². The van der Waals surface area contributed by atoms with E-state index in [9.17, 15) is 14.4 Å². The van der Waals surface area contributed by atoms with Crippen LogP contribution < -0.4 is 20.1 Å². The molecule has 1 aliphatic heterocycles. The van der Waals surface area contributed by atoms with Gasteiger partial charge in [-0.3, -0.25) is 0 Å². The van der Waals surface area contributed by atoms with E-state index in [2.05, 4.69) is 10.6 Å². The first-order valence-corrected chi connectivity index (χ1v) is 8.83. The Bertz CT molecular complexity index is 963. The van der Waals surface area contributed by atoms with Crippen LogP contribution in [0.4, 0.5) is 4.79 Å². The molecule has 9 heteroatoms. The van der Waals surface area contributed by atoms with E-state index in [1.165, 1.54) is 25.5 Å². The SMILES string of the molecule is CCOC(=O)C1=C(C)NC(=O)N[C@H]1c1ccc(OC(=O)c2ccco2)c(OC)c1. The maximum absolute atomic E-state index is 12.4. The van der Waals surface area contributed by atoms with E-state index in [1.807, 2.05) is 0 Å². The minimum Gasteiger partial charge on any atom is -0.493 e. The quantitative estimate of drug-likeness (QED) is 0.566. The Morgan fingerprint density at radius 2 is 1.97 bits per heavy atom. The molecule has 29 heavy (non-hydrogen) atoms. The maximum atomic E-state index is 12.4. The zero-order valence-corrected chi connectivity index (χ0v) is 16.1. The molecule has 0 bridgehead atoms. The van der Waals surface area contributed by atoms with Crippen molar-refractivity contribution in [1.29, 1.82) is 0 Å². The van der Waals surface area contributed by atoms with E-state index in [0.29, 0.717) is 11.3 Å². The van der Waals surface area contributed by atoms with Crippen LogP contribution in [0.15, 0.2) is 52.3 Å². The number of esters is 2. The van der Waals surface area contributed by atoms with Crippen LogP contribution in [0.1, 0.15) is 36.0 Å². The number of ether oxygens (including phenoxy) is 3. The summed E-state index contributed by atoms with van der Waals surface area (Å²) >= 11 is 0. The van der Waals surface area contributed by atoms with Gasteiger partial charge in [-0.1, -0.05) is 6.07 Å². The second-order valence-electron chi connectivity index (χ2n) is 6.07. The zero-order chi connectivity index (χ0) is 21.0.